The minimum absolute atomic E-state index is 0.500. The minimum atomic E-state index is -4.59. The molecule has 2 rings (SSSR count). The third kappa shape index (κ3) is 5.08. The van der Waals surface area contributed by atoms with E-state index >= 15 is 0 Å². The lowest BCUT2D eigenvalue weighted by Crippen LogP contribution is -2.23. The molecule has 24 heavy (non-hydrogen) atoms. The Balaban J connectivity index is 1.82. The molecule has 2 aromatic rings. The van der Waals surface area contributed by atoms with Gasteiger partial charge in [-0.25, -0.2) is 0 Å². The van der Waals surface area contributed by atoms with Crippen molar-refractivity contribution in [3.8, 4) is 0 Å². The number of nitrogens with one attached hydrogen (secondary N) is 1. The summed E-state index contributed by atoms with van der Waals surface area (Å²) in [5.41, 5.74) is -0.609. The number of esters is 1. The number of anilines is 1. The summed E-state index contributed by atoms with van der Waals surface area (Å²) in [6.07, 6.45) is -3.58. The molecule has 0 fully saturated rings. The number of para-hydroxylation sites is 1. The molecule has 10 heteroatoms. The number of ether oxygens (including phenoxy) is 1. The third-order valence-electron chi connectivity index (χ3n) is 2.73. The zero-order chi connectivity index (χ0) is 17.7. The zero-order valence-corrected chi connectivity index (χ0v) is 13.6. The zero-order valence-electron chi connectivity index (χ0n) is 12.0. The van der Waals surface area contributed by atoms with Gasteiger partial charge >= 0.3 is 12.1 Å². The van der Waals surface area contributed by atoms with Crippen molar-refractivity contribution < 1.29 is 27.5 Å². The molecule has 1 aromatic carbocycles. The molecular formula is C14H11BrF3N3O3. The van der Waals surface area contributed by atoms with Crippen LogP contribution in [0.4, 0.5) is 18.9 Å². The number of hydrogen-bond donors (Lipinski definition) is 1. The van der Waals surface area contributed by atoms with Gasteiger partial charge in [0.25, 0.3) is 5.91 Å². The second-order valence-corrected chi connectivity index (χ2v) is 5.44. The number of nitrogens with zero attached hydrogens (tertiary/aromatic N) is 2. The predicted molar refractivity (Wildman–Crippen MR) is 81.0 cm³/mol. The molecule has 1 N–H and O–H groups in total. The molecule has 0 aliphatic heterocycles. The number of rotatable bonds is 5. The monoisotopic (exact) mass is 405 g/mol. The van der Waals surface area contributed by atoms with Crippen LogP contribution < -0.4 is 5.32 Å². The predicted octanol–water partition coefficient (Wildman–Crippen LogP) is 2.85. The summed E-state index contributed by atoms with van der Waals surface area (Å²) < 4.78 is 43.3. The Morgan fingerprint density at radius 3 is 2.58 bits per heavy atom. The summed E-state index contributed by atoms with van der Waals surface area (Å²) in [5, 5.41) is 5.73. The van der Waals surface area contributed by atoms with Crippen LogP contribution in [0.15, 0.2) is 41.0 Å². The highest BCUT2D eigenvalue weighted by atomic mass is 79.9. The summed E-state index contributed by atoms with van der Waals surface area (Å²) in [7, 11) is 0. The number of hydrogen-bond acceptors (Lipinski definition) is 4. The standard InChI is InChI=1S/C14H11BrF3N3O3/c15-9-3-1-2-4-10(9)19-12(22)8-24-13(23)7-21-6-5-11(20-21)14(16,17)18/h1-6H,7-8H2,(H,19,22). The Morgan fingerprint density at radius 2 is 1.96 bits per heavy atom. The van der Waals surface area contributed by atoms with E-state index in [-0.39, 0.29) is 0 Å². The highest BCUT2D eigenvalue weighted by molar-refractivity contribution is 9.10. The fourth-order valence-electron chi connectivity index (χ4n) is 1.67. The van der Waals surface area contributed by atoms with Crippen molar-refractivity contribution in [1.29, 1.82) is 0 Å². The number of aromatic nitrogens is 2. The Hall–Kier alpha value is -2.36. The first-order valence-corrected chi connectivity index (χ1v) is 7.35. The third-order valence-corrected chi connectivity index (χ3v) is 3.43. The number of halogens is 4. The molecule has 0 unspecified atom stereocenters. The maximum atomic E-state index is 12.4. The van der Waals surface area contributed by atoms with Crippen molar-refractivity contribution in [3.63, 3.8) is 0 Å². The van der Waals surface area contributed by atoms with Gasteiger partial charge < -0.3 is 10.1 Å². The van der Waals surface area contributed by atoms with Crippen LogP contribution in [0.3, 0.4) is 0 Å². The summed E-state index contributed by atoms with van der Waals surface area (Å²) in [6.45, 7) is -1.09. The van der Waals surface area contributed by atoms with Crippen LogP contribution >= 0.6 is 15.9 Å². The lowest BCUT2D eigenvalue weighted by Gasteiger charge is -2.08. The van der Waals surface area contributed by atoms with Crippen molar-refractivity contribution in [1.82, 2.24) is 9.78 Å². The molecule has 0 radical (unpaired) electrons. The molecule has 0 aliphatic rings. The summed E-state index contributed by atoms with van der Waals surface area (Å²) >= 11 is 3.24. The van der Waals surface area contributed by atoms with Gasteiger partial charge in [-0.05, 0) is 34.1 Å². The summed E-state index contributed by atoms with van der Waals surface area (Å²) in [4.78, 5) is 23.2. The smallest absolute Gasteiger partial charge is 0.435 e. The fraction of sp³-hybridized carbons (Fsp3) is 0.214. The number of benzene rings is 1. The van der Waals surface area contributed by atoms with E-state index in [2.05, 4.69) is 26.3 Å². The highest BCUT2D eigenvalue weighted by Gasteiger charge is 2.33. The van der Waals surface area contributed by atoms with E-state index in [1.54, 1.807) is 24.3 Å². The molecule has 0 saturated heterocycles. The first-order valence-electron chi connectivity index (χ1n) is 6.56. The molecule has 0 spiro atoms. The van der Waals surface area contributed by atoms with E-state index < -0.39 is 36.9 Å². The van der Waals surface area contributed by atoms with Crippen molar-refractivity contribution in [2.75, 3.05) is 11.9 Å². The molecule has 0 aliphatic carbocycles. The van der Waals surface area contributed by atoms with E-state index in [4.69, 9.17) is 4.74 Å². The molecule has 0 bridgehead atoms. The number of alkyl halides is 3. The van der Waals surface area contributed by atoms with Crippen molar-refractivity contribution in [3.05, 3.63) is 46.7 Å². The fourth-order valence-corrected chi connectivity index (χ4v) is 2.06. The van der Waals surface area contributed by atoms with Gasteiger partial charge in [0.05, 0.1) is 5.69 Å². The lowest BCUT2D eigenvalue weighted by molar-refractivity contribution is -0.148. The van der Waals surface area contributed by atoms with Crippen LogP contribution in [0.1, 0.15) is 5.69 Å². The van der Waals surface area contributed by atoms with E-state index in [1.165, 1.54) is 0 Å². The summed E-state index contributed by atoms with van der Waals surface area (Å²) in [5.74, 6) is -1.46. The van der Waals surface area contributed by atoms with Crippen LogP contribution in [0.25, 0.3) is 0 Å². The van der Waals surface area contributed by atoms with Crippen molar-refractivity contribution in [2.45, 2.75) is 12.7 Å². The molecular weight excluding hydrogens is 395 g/mol. The SMILES string of the molecule is O=C(COC(=O)Cn1ccc(C(F)(F)F)n1)Nc1ccccc1Br. The van der Waals surface area contributed by atoms with Gasteiger partial charge in [-0.3, -0.25) is 14.3 Å². The Labute approximate surface area is 142 Å². The van der Waals surface area contributed by atoms with Crippen LogP contribution in [-0.4, -0.2) is 28.3 Å². The lowest BCUT2D eigenvalue weighted by atomic mass is 10.3. The highest BCUT2D eigenvalue weighted by Crippen LogP contribution is 2.27. The maximum absolute atomic E-state index is 12.4. The van der Waals surface area contributed by atoms with Gasteiger partial charge in [0.2, 0.25) is 0 Å². The topological polar surface area (TPSA) is 73.2 Å². The largest absolute Gasteiger partial charge is 0.454 e. The van der Waals surface area contributed by atoms with Gasteiger partial charge in [-0.1, -0.05) is 12.1 Å². The van der Waals surface area contributed by atoms with E-state index in [9.17, 15) is 22.8 Å². The van der Waals surface area contributed by atoms with Crippen molar-refractivity contribution in [2.24, 2.45) is 0 Å². The molecule has 6 nitrogen and oxygen atoms in total. The molecule has 0 saturated carbocycles. The van der Waals surface area contributed by atoms with E-state index in [0.29, 0.717) is 10.2 Å². The van der Waals surface area contributed by atoms with Gasteiger partial charge in [0.15, 0.2) is 12.3 Å². The van der Waals surface area contributed by atoms with Crippen LogP contribution in [0.2, 0.25) is 0 Å². The molecule has 0 atom stereocenters. The summed E-state index contributed by atoms with van der Waals surface area (Å²) in [6, 6.07) is 7.58. The molecule has 1 amide bonds. The van der Waals surface area contributed by atoms with Crippen LogP contribution in [-0.2, 0) is 27.0 Å². The number of amides is 1. The van der Waals surface area contributed by atoms with Gasteiger partial charge in [0, 0.05) is 10.7 Å². The number of carbonyl (C=O) groups is 2. The molecule has 128 valence electrons. The average Bonchev–Trinajstić information content (AvgIpc) is 2.96. The molecule has 1 heterocycles. The van der Waals surface area contributed by atoms with Gasteiger partial charge in [-0.2, -0.15) is 18.3 Å². The quantitative estimate of drug-likeness (QED) is 0.776. The first kappa shape index (κ1) is 18.0. The van der Waals surface area contributed by atoms with Gasteiger partial charge in [-0.15, -0.1) is 0 Å². The van der Waals surface area contributed by atoms with Crippen LogP contribution in [0.5, 0.6) is 0 Å². The Bertz CT molecular complexity index is 746. The minimum Gasteiger partial charge on any atom is -0.454 e. The van der Waals surface area contributed by atoms with Crippen LogP contribution in [0, 0.1) is 0 Å². The average molecular weight is 406 g/mol. The van der Waals surface area contributed by atoms with E-state index in [1.807, 2.05) is 0 Å². The molecule has 1 aromatic heterocycles. The number of carbonyl (C=O) groups excluding carboxylic acids is 2. The first-order chi connectivity index (χ1) is 11.3. The normalized spacial score (nSPS) is 11.2. The Morgan fingerprint density at radius 1 is 1.25 bits per heavy atom. The maximum Gasteiger partial charge on any atom is 0.435 e. The van der Waals surface area contributed by atoms with Crippen molar-refractivity contribution >= 4 is 33.5 Å². The van der Waals surface area contributed by atoms with Gasteiger partial charge in [0.1, 0.15) is 6.54 Å². The van der Waals surface area contributed by atoms with E-state index in [0.717, 1.165) is 16.9 Å². The second kappa shape index (κ2) is 7.47. The second-order valence-electron chi connectivity index (χ2n) is 4.59. The Kier molecular flexibility index (Phi) is 5.60.